The zero-order valence-electron chi connectivity index (χ0n) is 8.49. The first-order chi connectivity index (χ1) is 8.10. The van der Waals surface area contributed by atoms with Gasteiger partial charge in [0.1, 0.15) is 15.0 Å². The second-order valence-corrected chi connectivity index (χ2v) is 4.99. The van der Waals surface area contributed by atoms with E-state index in [1.165, 1.54) is 18.2 Å². The van der Waals surface area contributed by atoms with Crippen LogP contribution < -0.4 is 0 Å². The standard InChI is InChI=1S/C11H6Br2FN3/c12-10-4-11(13)17(16-10)6-8-3-9(14)2-1-7(8)5-15/h1-4H,6H2. The lowest BCUT2D eigenvalue weighted by Gasteiger charge is -2.05. The van der Waals surface area contributed by atoms with Gasteiger partial charge in [0.25, 0.3) is 0 Å². The maximum atomic E-state index is 13.1. The third kappa shape index (κ3) is 2.73. The summed E-state index contributed by atoms with van der Waals surface area (Å²) in [6.07, 6.45) is 0. The van der Waals surface area contributed by atoms with Crippen LogP contribution in [-0.2, 0) is 6.54 Å². The molecule has 0 aliphatic carbocycles. The van der Waals surface area contributed by atoms with E-state index >= 15 is 0 Å². The normalized spacial score (nSPS) is 10.2. The second kappa shape index (κ2) is 4.98. The summed E-state index contributed by atoms with van der Waals surface area (Å²) in [4.78, 5) is 0. The van der Waals surface area contributed by atoms with Crippen LogP contribution in [0.4, 0.5) is 4.39 Å². The Labute approximate surface area is 114 Å². The van der Waals surface area contributed by atoms with Crippen LogP contribution >= 0.6 is 31.9 Å². The minimum Gasteiger partial charge on any atom is -0.253 e. The average molecular weight is 359 g/mol. The monoisotopic (exact) mass is 357 g/mol. The third-order valence-electron chi connectivity index (χ3n) is 2.21. The van der Waals surface area contributed by atoms with Gasteiger partial charge in [0.15, 0.2) is 0 Å². The lowest BCUT2D eigenvalue weighted by molar-refractivity contribution is 0.616. The summed E-state index contributed by atoms with van der Waals surface area (Å²) in [5.41, 5.74) is 1.05. The molecule has 1 heterocycles. The number of hydrogen-bond acceptors (Lipinski definition) is 2. The second-order valence-electron chi connectivity index (χ2n) is 3.36. The Morgan fingerprint density at radius 3 is 2.71 bits per heavy atom. The van der Waals surface area contributed by atoms with Crippen LogP contribution in [0, 0.1) is 17.1 Å². The molecule has 0 spiro atoms. The number of benzene rings is 1. The molecule has 0 aliphatic rings. The zero-order chi connectivity index (χ0) is 12.4. The van der Waals surface area contributed by atoms with E-state index < -0.39 is 0 Å². The molecule has 0 bridgehead atoms. The predicted molar refractivity (Wildman–Crippen MR) is 67.8 cm³/mol. The van der Waals surface area contributed by atoms with E-state index in [9.17, 15) is 4.39 Å². The Morgan fingerprint density at radius 1 is 1.35 bits per heavy atom. The van der Waals surface area contributed by atoms with Gasteiger partial charge in [-0.05, 0) is 55.6 Å². The Balaban J connectivity index is 2.39. The van der Waals surface area contributed by atoms with E-state index in [1.807, 2.05) is 6.07 Å². The smallest absolute Gasteiger partial charge is 0.129 e. The van der Waals surface area contributed by atoms with Gasteiger partial charge in [0, 0.05) is 6.07 Å². The summed E-state index contributed by atoms with van der Waals surface area (Å²) in [5.74, 6) is -0.360. The number of rotatable bonds is 2. The molecule has 17 heavy (non-hydrogen) atoms. The Morgan fingerprint density at radius 2 is 2.12 bits per heavy atom. The van der Waals surface area contributed by atoms with Crippen molar-refractivity contribution in [1.29, 1.82) is 5.26 Å². The highest BCUT2D eigenvalue weighted by atomic mass is 79.9. The first-order valence-corrected chi connectivity index (χ1v) is 6.26. The molecule has 0 aliphatic heterocycles. The van der Waals surface area contributed by atoms with Crippen LogP contribution in [0.2, 0.25) is 0 Å². The summed E-state index contributed by atoms with van der Waals surface area (Å²) in [5, 5.41) is 13.1. The molecule has 6 heteroatoms. The number of aromatic nitrogens is 2. The van der Waals surface area contributed by atoms with Gasteiger partial charge in [0.2, 0.25) is 0 Å². The number of halogens is 3. The molecule has 2 aromatic rings. The lowest BCUT2D eigenvalue weighted by Crippen LogP contribution is -2.04. The van der Waals surface area contributed by atoms with E-state index in [-0.39, 0.29) is 5.82 Å². The van der Waals surface area contributed by atoms with E-state index in [1.54, 1.807) is 10.7 Å². The van der Waals surface area contributed by atoms with Crippen LogP contribution in [0.15, 0.2) is 33.5 Å². The van der Waals surface area contributed by atoms with Crippen molar-refractivity contribution in [2.45, 2.75) is 6.54 Å². The molecule has 2 rings (SSSR count). The largest absolute Gasteiger partial charge is 0.253 e. The van der Waals surface area contributed by atoms with Gasteiger partial charge in [-0.3, -0.25) is 4.68 Å². The first kappa shape index (κ1) is 12.3. The molecule has 0 unspecified atom stereocenters. The number of nitriles is 1. The fourth-order valence-electron chi connectivity index (χ4n) is 1.44. The molecule has 0 atom stereocenters. The molecule has 0 saturated heterocycles. The Kier molecular flexibility index (Phi) is 3.60. The van der Waals surface area contributed by atoms with Gasteiger partial charge in [-0.1, -0.05) is 0 Å². The van der Waals surface area contributed by atoms with Gasteiger partial charge in [-0.25, -0.2) is 4.39 Å². The molecule has 86 valence electrons. The van der Waals surface area contributed by atoms with Crippen LogP contribution in [0.5, 0.6) is 0 Å². The van der Waals surface area contributed by atoms with Gasteiger partial charge in [0.05, 0.1) is 18.2 Å². The molecule has 0 fully saturated rings. The molecule has 3 nitrogen and oxygen atoms in total. The quantitative estimate of drug-likeness (QED) is 0.824. The number of hydrogen-bond donors (Lipinski definition) is 0. The highest BCUT2D eigenvalue weighted by Gasteiger charge is 2.08. The van der Waals surface area contributed by atoms with Crippen LogP contribution in [0.25, 0.3) is 0 Å². The summed E-state index contributed by atoms with van der Waals surface area (Å²) >= 11 is 6.58. The van der Waals surface area contributed by atoms with Gasteiger partial charge < -0.3 is 0 Å². The van der Waals surface area contributed by atoms with Gasteiger partial charge in [-0.15, -0.1) is 0 Å². The van der Waals surface area contributed by atoms with Crippen LogP contribution in [-0.4, -0.2) is 9.78 Å². The SMILES string of the molecule is N#Cc1ccc(F)cc1Cn1nc(Br)cc1Br. The van der Waals surface area contributed by atoms with Crippen molar-refractivity contribution in [3.8, 4) is 6.07 Å². The van der Waals surface area contributed by atoms with Gasteiger partial charge >= 0.3 is 0 Å². The lowest BCUT2D eigenvalue weighted by atomic mass is 10.1. The zero-order valence-corrected chi connectivity index (χ0v) is 11.7. The maximum absolute atomic E-state index is 13.1. The fraction of sp³-hybridized carbons (Fsp3) is 0.0909. The molecule has 0 N–H and O–H groups in total. The molecular formula is C11H6Br2FN3. The Bertz CT molecular complexity index is 601. The summed E-state index contributed by atoms with van der Waals surface area (Å²) in [7, 11) is 0. The highest BCUT2D eigenvalue weighted by Crippen LogP contribution is 2.19. The van der Waals surface area contributed by atoms with Crippen molar-refractivity contribution in [3.63, 3.8) is 0 Å². The van der Waals surface area contributed by atoms with Crippen molar-refractivity contribution >= 4 is 31.9 Å². The van der Waals surface area contributed by atoms with E-state index in [4.69, 9.17) is 5.26 Å². The van der Waals surface area contributed by atoms with Crippen molar-refractivity contribution in [2.75, 3.05) is 0 Å². The van der Waals surface area contributed by atoms with Crippen molar-refractivity contribution in [1.82, 2.24) is 9.78 Å². The number of nitrogens with zero attached hydrogens (tertiary/aromatic N) is 3. The van der Waals surface area contributed by atoms with E-state index in [2.05, 4.69) is 37.0 Å². The average Bonchev–Trinajstić information content (AvgIpc) is 2.58. The molecule has 0 amide bonds. The fourth-order valence-corrected chi connectivity index (χ4v) is 2.58. The predicted octanol–water partition coefficient (Wildman–Crippen LogP) is 3.47. The summed E-state index contributed by atoms with van der Waals surface area (Å²) in [6.45, 7) is 0.340. The summed E-state index contributed by atoms with van der Waals surface area (Å²) < 4.78 is 16.2. The molecule has 0 saturated carbocycles. The van der Waals surface area contributed by atoms with E-state index in [0.717, 1.165) is 4.60 Å². The van der Waals surface area contributed by atoms with Crippen molar-refractivity contribution < 1.29 is 4.39 Å². The molecular weight excluding hydrogens is 353 g/mol. The van der Waals surface area contributed by atoms with Gasteiger partial charge in [-0.2, -0.15) is 10.4 Å². The van der Waals surface area contributed by atoms with Crippen molar-refractivity contribution in [3.05, 3.63) is 50.4 Å². The minimum atomic E-state index is -0.360. The first-order valence-electron chi connectivity index (χ1n) is 4.67. The third-order valence-corrected chi connectivity index (χ3v) is 3.23. The topological polar surface area (TPSA) is 41.6 Å². The van der Waals surface area contributed by atoms with Crippen LogP contribution in [0.1, 0.15) is 11.1 Å². The van der Waals surface area contributed by atoms with Crippen LogP contribution in [0.3, 0.4) is 0 Å². The minimum absolute atomic E-state index is 0.340. The Hall–Kier alpha value is -1.19. The molecule has 1 aromatic carbocycles. The van der Waals surface area contributed by atoms with Crippen molar-refractivity contribution in [2.24, 2.45) is 0 Å². The highest BCUT2D eigenvalue weighted by molar-refractivity contribution is 9.11. The molecule has 1 aromatic heterocycles. The summed E-state index contributed by atoms with van der Waals surface area (Å²) in [6, 6.07) is 7.91. The van der Waals surface area contributed by atoms with E-state index in [0.29, 0.717) is 22.3 Å². The molecule has 0 radical (unpaired) electrons. The maximum Gasteiger partial charge on any atom is 0.129 e.